The summed E-state index contributed by atoms with van der Waals surface area (Å²) in [5.74, 6) is -0.769. The monoisotopic (exact) mass is 1070 g/mol. The number of aliphatic hydroxyl groups excluding tert-OH is 1. The van der Waals surface area contributed by atoms with Crippen LogP contribution in [0.5, 0.6) is 0 Å². The van der Waals surface area contributed by atoms with Crippen LogP contribution in [0.4, 0.5) is 8.78 Å². The van der Waals surface area contributed by atoms with Gasteiger partial charge in [-0.15, -0.1) is 0 Å². The molecule has 430 valence electrons. The van der Waals surface area contributed by atoms with Gasteiger partial charge in [0.25, 0.3) is 0 Å². The minimum Gasteiger partial charge on any atom is -0.414 e. The fourth-order valence-corrected chi connectivity index (χ4v) is 9.78. The molecule has 0 aliphatic rings. The molecule has 8 nitrogen and oxygen atoms in total. The zero-order chi connectivity index (χ0) is 55.1. The van der Waals surface area contributed by atoms with Crippen LogP contribution in [0, 0.1) is 34.3 Å². The second kappa shape index (κ2) is 47.3. The number of nitrogens with zero attached hydrogens (tertiary/aromatic N) is 2. The normalized spacial score (nSPS) is 12.5. The lowest BCUT2D eigenvalue weighted by atomic mass is 10.0. The molecule has 0 amide bonds. The molecule has 0 saturated carbocycles. The van der Waals surface area contributed by atoms with Crippen molar-refractivity contribution in [2.24, 2.45) is 0 Å². The first-order valence-electron chi connectivity index (χ1n) is 30.3. The maximum absolute atomic E-state index is 13.8. The van der Waals surface area contributed by atoms with E-state index in [1.807, 2.05) is 6.07 Å². The third kappa shape index (κ3) is 38.5. The molecule has 0 aliphatic carbocycles. The Hall–Kier alpha value is -2.74. The van der Waals surface area contributed by atoms with Gasteiger partial charge in [-0.2, -0.15) is 10.5 Å². The summed E-state index contributed by atoms with van der Waals surface area (Å²) >= 11 is 0. The summed E-state index contributed by atoms with van der Waals surface area (Å²) in [5.41, 5.74) is 1.86. The SMILES string of the molecule is CCCCCCCCCCCCCCCCCCOC[C@H](CO)OCc1cc(F)ccc1C#N.CCCCCCCCCCCCCCCCCCOC[C@H](CO[Si](C)(C)C(C)(C)C)OCc1cc(F)ccc1C#N. The maximum Gasteiger partial charge on any atom is 0.192 e. The predicted octanol–water partition coefficient (Wildman–Crippen LogP) is 18.7. The number of unbranched alkanes of at least 4 members (excludes halogenated alkanes) is 30. The summed E-state index contributed by atoms with van der Waals surface area (Å²) < 4.78 is 57.0. The molecular weight excluding hydrogens is 959 g/mol. The molecule has 0 bridgehead atoms. The van der Waals surface area contributed by atoms with Crippen molar-refractivity contribution in [3.05, 3.63) is 70.3 Å². The number of hydrogen-bond acceptors (Lipinski definition) is 8. The molecule has 0 unspecified atom stereocenters. The van der Waals surface area contributed by atoms with Crippen molar-refractivity contribution in [3.8, 4) is 12.1 Å². The van der Waals surface area contributed by atoms with E-state index in [0.717, 1.165) is 19.3 Å². The highest BCUT2D eigenvalue weighted by Gasteiger charge is 2.37. The number of nitriles is 2. The zero-order valence-corrected chi connectivity index (χ0v) is 50.0. The average molecular weight is 1070 g/mol. The van der Waals surface area contributed by atoms with E-state index in [4.69, 9.17) is 28.6 Å². The van der Waals surface area contributed by atoms with Crippen LogP contribution in [0.15, 0.2) is 36.4 Å². The van der Waals surface area contributed by atoms with Crippen molar-refractivity contribution in [1.82, 2.24) is 0 Å². The van der Waals surface area contributed by atoms with Crippen LogP contribution in [-0.2, 0) is 36.6 Å². The fraction of sp³-hybridized carbons (Fsp3) is 0.781. The summed E-state index contributed by atoms with van der Waals surface area (Å²) in [6.07, 6.45) is 42.4. The van der Waals surface area contributed by atoms with E-state index in [-0.39, 0.29) is 36.8 Å². The smallest absolute Gasteiger partial charge is 0.192 e. The van der Waals surface area contributed by atoms with E-state index >= 15 is 0 Å². The molecule has 0 radical (unpaired) electrons. The highest BCUT2D eigenvalue weighted by molar-refractivity contribution is 6.74. The van der Waals surface area contributed by atoms with Gasteiger partial charge < -0.3 is 28.5 Å². The van der Waals surface area contributed by atoms with Crippen LogP contribution in [0.1, 0.15) is 262 Å². The first-order chi connectivity index (χ1) is 36.3. The summed E-state index contributed by atoms with van der Waals surface area (Å²) in [5, 5.41) is 28.1. The van der Waals surface area contributed by atoms with Crippen LogP contribution in [0.2, 0.25) is 18.1 Å². The second-order valence-electron chi connectivity index (χ2n) is 22.7. The largest absolute Gasteiger partial charge is 0.414 e. The van der Waals surface area contributed by atoms with Gasteiger partial charge in [-0.1, -0.05) is 227 Å². The molecule has 0 aliphatic heterocycles. The van der Waals surface area contributed by atoms with Gasteiger partial charge >= 0.3 is 0 Å². The molecule has 2 aromatic carbocycles. The van der Waals surface area contributed by atoms with Crippen LogP contribution in [-0.4, -0.2) is 65.3 Å². The predicted molar refractivity (Wildman–Crippen MR) is 310 cm³/mol. The van der Waals surface area contributed by atoms with Gasteiger partial charge in [0.05, 0.1) is 62.9 Å². The molecule has 1 N–H and O–H groups in total. The Kier molecular flexibility index (Phi) is 44.3. The Morgan fingerprint density at radius 1 is 0.480 bits per heavy atom. The van der Waals surface area contributed by atoms with Gasteiger partial charge in [0, 0.05) is 13.2 Å². The fourth-order valence-electron chi connectivity index (χ4n) is 8.75. The van der Waals surface area contributed by atoms with E-state index < -0.39 is 20.2 Å². The Balaban J connectivity index is 0.000000763. The molecule has 2 atom stereocenters. The van der Waals surface area contributed by atoms with Crippen molar-refractivity contribution < 1.29 is 37.3 Å². The first kappa shape index (κ1) is 70.3. The molecule has 2 aromatic rings. The lowest BCUT2D eigenvalue weighted by Gasteiger charge is -2.37. The van der Waals surface area contributed by atoms with E-state index in [2.05, 4.69) is 53.8 Å². The molecule has 0 heterocycles. The van der Waals surface area contributed by atoms with Crippen LogP contribution < -0.4 is 0 Å². The summed E-state index contributed by atoms with van der Waals surface area (Å²) in [6.45, 7) is 18.3. The molecule has 11 heteroatoms. The van der Waals surface area contributed by atoms with Crippen molar-refractivity contribution >= 4 is 8.32 Å². The maximum atomic E-state index is 13.8. The topological polar surface area (TPSA) is 114 Å². The van der Waals surface area contributed by atoms with Crippen molar-refractivity contribution in [1.29, 1.82) is 10.5 Å². The third-order valence-corrected chi connectivity index (χ3v) is 19.4. The number of rotatable bonds is 48. The lowest BCUT2D eigenvalue weighted by Crippen LogP contribution is -2.43. The Bertz CT molecular complexity index is 1730. The minimum absolute atomic E-state index is 0.0777. The summed E-state index contributed by atoms with van der Waals surface area (Å²) in [7, 11) is -1.94. The highest BCUT2D eigenvalue weighted by Crippen LogP contribution is 2.36. The zero-order valence-electron chi connectivity index (χ0n) is 49.0. The molecule has 75 heavy (non-hydrogen) atoms. The van der Waals surface area contributed by atoms with E-state index in [1.165, 1.54) is 223 Å². The molecular formula is C64H110F2N2O6Si. The minimum atomic E-state index is -1.94. The van der Waals surface area contributed by atoms with Crippen molar-refractivity contribution in [2.45, 2.75) is 284 Å². The van der Waals surface area contributed by atoms with Gasteiger partial charge in [0.1, 0.15) is 23.8 Å². The molecule has 0 aromatic heterocycles. The van der Waals surface area contributed by atoms with Gasteiger partial charge in [-0.25, -0.2) is 8.78 Å². The average Bonchev–Trinajstić information content (AvgIpc) is 3.39. The van der Waals surface area contributed by atoms with Gasteiger partial charge in [0.15, 0.2) is 8.32 Å². The molecule has 0 fully saturated rings. The van der Waals surface area contributed by atoms with Crippen molar-refractivity contribution in [2.75, 3.05) is 39.6 Å². The number of halogens is 2. The Labute approximate surface area is 459 Å². The van der Waals surface area contributed by atoms with Crippen LogP contribution >= 0.6 is 0 Å². The Morgan fingerprint density at radius 2 is 0.787 bits per heavy atom. The third-order valence-electron chi connectivity index (χ3n) is 14.9. The first-order valence-corrected chi connectivity index (χ1v) is 33.2. The van der Waals surface area contributed by atoms with Gasteiger partial charge in [0.2, 0.25) is 0 Å². The van der Waals surface area contributed by atoms with E-state index in [9.17, 15) is 19.1 Å². The van der Waals surface area contributed by atoms with E-state index in [1.54, 1.807) is 0 Å². The number of hydrogen-bond donors (Lipinski definition) is 1. The van der Waals surface area contributed by atoms with Gasteiger partial charge in [-0.05, 0) is 78.5 Å². The highest BCUT2D eigenvalue weighted by atomic mass is 28.4. The summed E-state index contributed by atoms with van der Waals surface area (Å²) in [6, 6.07) is 12.3. The Morgan fingerprint density at radius 3 is 1.09 bits per heavy atom. The van der Waals surface area contributed by atoms with Gasteiger partial charge in [-0.3, -0.25) is 0 Å². The standard InChI is InChI=1S/C35H62FNO3Si.C29H48FNO3/c1-7-8-9-10-11-12-13-14-15-16-17-18-19-20-21-22-25-38-29-34(30-40-41(5,6)35(2,3)4)39-28-32-26-33(36)24-23-31(32)27-37;1-2-3-4-5-6-7-8-9-10-11-12-13-14-15-16-17-20-33-25-29(23-32)34-24-27-21-28(30)19-18-26(27)22-31/h23-24,26,34H,7-22,25,28-30H2,1-6H3;18-19,21,29,32H,2-17,20,23-25H2,1H3/t34-;29-/m10/s1. The quantitative estimate of drug-likeness (QED) is 0.0515. The van der Waals surface area contributed by atoms with Crippen molar-refractivity contribution in [3.63, 3.8) is 0 Å². The lowest BCUT2D eigenvalue weighted by molar-refractivity contribution is -0.0503. The number of benzene rings is 2. The number of ether oxygens (including phenoxy) is 4. The molecule has 0 saturated heterocycles. The number of aliphatic hydroxyl groups is 1. The molecule has 2 rings (SSSR count). The van der Waals surface area contributed by atoms with Crippen LogP contribution in [0.25, 0.3) is 0 Å². The second-order valence-corrected chi connectivity index (χ2v) is 27.5. The van der Waals surface area contributed by atoms with E-state index in [0.29, 0.717) is 55.3 Å². The molecule has 0 spiro atoms. The summed E-state index contributed by atoms with van der Waals surface area (Å²) in [4.78, 5) is 0. The van der Waals surface area contributed by atoms with Crippen LogP contribution in [0.3, 0.4) is 0 Å².